The molecule has 0 unspecified atom stereocenters. The molecule has 0 aliphatic carbocycles. The van der Waals surface area contributed by atoms with Crippen molar-refractivity contribution >= 4 is 23.4 Å². The molecular weight excluding hydrogens is 238 g/mol. The van der Waals surface area contributed by atoms with Gasteiger partial charge >= 0.3 is 6.09 Å². The van der Waals surface area contributed by atoms with Gasteiger partial charge in [0.05, 0.1) is 6.61 Å². The van der Waals surface area contributed by atoms with Gasteiger partial charge in [-0.3, -0.25) is 5.32 Å². The number of carbonyl (C=O) groups excluding carboxylic acids is 1. The predicted octanol–water partition coefficient (Wildman–Crippen LogP) is 4.47. The van der Waals surface area contributed by atoms with E-state index in [1.165, 1.54) is 12.8 Å². The fourth-order valence-corrected chi connectivity index (χ4v) is 1.60. The van der Waals surface area contributed by atoms with Gasteiger partial charge in [-0.25, -0.2) is 4.79 Å². The Morgan fingerprint density at radius 3 is 2.88 bits per heavy atom. The first-order valence-electron chi connectivity index (χ1n) is 5.91. The number of hydrogen-bond donors (Lipinski definition) is 1. The third kappa shape index (κ3) is 6.17. The van der Waals surface area contributed by atoms with E-state index in [-0.39, 0.29) is 0 Å². The molecule has 94 valence electrons. The molecule has 0 bridgehead atoms. The highest BCUT2D eigenvalue weighted by atomic mass is 35.5. The lowest BCUT2D eigenvalue weighted by atomic mass is 10.2. The third-order valence-corrected chi connectivity index (χ3v) is 2.54. The molecule has 17 heavy (non-hydrogen) atoms. The number of ether oxygens (including phenoxy) is 1. The molecule has 0 spiro atoms. The van der Waals surface area contributed by atoms with E-state index in [4.69, 9.17) is 16.3 Å². The van der Waals surface area contributed by atoms with Gasteiger partial charge in [0, 0.05) is 10.7 Å². The summed E-state index contributed by atoms with van der Waals surface area (Å²) in [6.07, 6.45) is 3.94. The number of rotatable bonds is 6. The molecule has 1 rings (SSSR count). The lowest BCUT2D eigenvalue weighted by molar-refractivity contribution is 0.159. The number of benzene rings is 1. The average molecular weight is 256 g/mol. The van der Waals surface area contributed by atoms with Crippen molar-refractivity contribution in [2.45, 2.75) is 32.6 Å². The summed E-state index contributed by atoms with van der Waals surface area (Å²) < 4.78 is 5.04. The number of carbonyl (C=O) groups is 1. The van der Waals surface area contributed by atoms with Gasteiger partial charge in [-0.05, 0) is 24.6 Å². The topological polar surface area (TPSA) is 38.3 Å². The molecule has 0 radical (unpaired) electrons. The summed E-state index contributed by atoms with van der Waals surface area (Å²) in [6, 6.07) is 6.98. The van der Waals surface area contributed by atoms with Crippen molar-refractivity contribution in [3.05, 3.63) is 29.3 Å². The van der Waals surface area contributed by atoms with Crippen LogP contribution in [0.5, 0.6) is 0 Å². The fourth-order valence-electron chi connectivity index (χ4n) is 1.41. The lowest BCUT2D eigenvalue weighted by Crippen LogP contribution is -2.14. The maximum Gasteiger partial charge on any atom is 0.411 e. The van der Waals surface area contributed by atoms with E-state index in [2.05, 4.69) is 12.2 Å². The predicted molar refractivity (Wildman–Crippen MR) is 70.6 cm³/mol. The van der Waals surface area contributed by atoms with Crippen LogP contribution in [0.1, 0.15) is 32.6 Å². The molecule has 1 aromatic carbocycles. The Balaban J connectivity index is 2.21. The second-order valence-corrected chi connectivity index (χ2v) is 4.27. The highest BCUT2D eigenvalue weighted by Crippen LogP contribution is 2.14. The van der Waals surface area contributed by atoms with Crippen molar-refractivity contribution in [1.82, 2.24) is 0 Å². The molecule has 0 heterocycles. The van der Waals surface area contributed by atoms with E-state index in [0.29, 0.717) is 17.3 Å². The van der Waals surface area contributed by atoms with Crippen LogP contribution >= 0.6 is 11.6 Å². The van der Waals surface area contributed by atoms with E-state index in [1.807, 2.05) is 0 Å². The molecule has 1 aromatic rings. The van der Waals surface area contributed by atoms with Crippen molar-refractivity contribution in [3.63, 3.8) is 0 Å². The van der Waals surface area contributed by atoms with E-state index in [1.54, 1.807) is 24.3 Å². The fraction of sp³-hybridized carbons (Fsp3) is 0.462. The van der Waals surface area contributed by atoms with Gasteiger partial charge in [-0.1, -0.05) is 43.9 Å². The summed E-state index contributed by atoms with van der Waals surface area (Å²) in [5.41, 5.74) is 0.649. The van der Waals surface area contributed by atoms with Gasteiger partial charge < -0.3 is 4.74 Å². The number of hydrogen-bond acceptors (Lipinski definition) is 2. The summed E-state index contributed by atoms with van der Waals surface area (Å²) in [6.45, 7) is 2.61. The number of nitrogens with one attached hydrogen (secondary N) is 1. The number of anilines is 1. The van der Waals surface area contributed by atoms with Crippen LogP contribution < -0.4 is 5.32 Å². The Morgan fingerprint density at radius 2 is 2.18 bits per heavy atom. The van der Waals surface area contributed by atoms with Crippen molar-refractivity contribution < 1.29 is 9.53 Å². The minimum Gasteiger partial charge on any atom is -0.449 e. The average Bonchev–Trinajstić information content (AvgIpc) is 2.29. The molecule has 1 amide bonds. The van der Waals surface area contributed by atoms with E-state index in [9.17, 15) is 4.79 Å². The van der Waals surface area contributed by atoms with Crippen molar-refractivity contribution in [2.24, 2.45) is 0 Å². The van der Waals surface area contributed by atoms with Gasteiger partial charge in [0.2, 0.25) is 0 Å². The van der Waals surface area contributed by atoms with Crippen LogP contribution in [0, 0.1) is 0 Å². The quantitative estimate of drug-likeness (QED) is 0.762. The van der Waals surface area contributed by atoms with Crippen molar-refractivity contribution in [1.29, 1.82) is 0 Å². The zero-order valence-corrected chi connectivity index (χ0v) is 10.8. The highest BCUT2D eigenvalue weighted by Gasteiger charge is 2.02. The molecular formula is C13H18ClNO2. The Morgan fingerprint density at radius 1 is 1.35 bits per heavy atom. The maximum absolute atomic E-state index is 11.4. The Hall–Kier alpha value is -1.22. The molecule has 0 aliphatic heterocycles. The van der Waals surface area contributed by atoms with Crippen LogP contribution in [0.4, 0.5) is 10.5 Å². The second kappa shape index (κ2) is 7.96. The van der Waals surface area contributed by atoms with Gasteiger partial charge in [0.1, 0.15) is 0 Å². The standard InChI is InChI=1S/C13H18ClNO2/c1-2-3-4-5-9-17-13(16)15-12-8-6-7-11(14)10-12/h6-8,10H,2-5,9H2,1H3,(H,15,16). The summed E-state index contributed by atoms with van der Waals surface area (Å²) in [4.78, 5) is 11.4. The molecule has 0 saturated heterocycles. The normalized spacial score (nSPS) is 10.0. The first-order chi connectivity index (χ1) is 8.22. The zero-order chi connectivity index (χ0) is 12.5. The Bertz CT molecular complexity index is 355. The van der Waals surface area contributed by atoms with Crippen LogP contribution in [0.3, 0.4) is 0 Å². The molecule has 0 fully saturated rings. The summed E-state index contributed by atoms with van der Waals surface area (Å²) >= 11 is 5.80. The third-order valence-electron chi connectivity index (χ3n) is 2.30. The van der Waals surface area contributed by atoms with Crippen molar-refractivity contribution in [2.75, 3.05) is 11.9 Å². The lowest BCUT2D eigenvalue weighted by Gasteiger charge is -2.06. The molecule has 0 saturated carbocycles. The second-order valence-electron chi connectivity index (χ2n) is 3.83. The van der Waals surface area contributed by atoms with Crippen LogP contribution in [0.15, 0.2) is 24.3 Å². The van der Waals surface area contributed by atoms with Gasteiger partial charge in [-0.2, -0.15) is 0 Å². The monoisotopic (exact) mass is 255 g/mol. The number of halogens is 1. The molecule has 0 atom stereocenters. The van der Waals surface area contributed by atoms with Gasteiger partial charge in [-0.15, -0.1) is 0 Å². The molecule has 1 N–H and O–H groups in total. The SMILES string of the molecule is CCCCCCOC(=O)Nc1cccc(Cl)c1. The number of amides is 1. The van der Waals surface area contributed by atoms with E-state index >= 15 is 0 Å². The minimum atomic E-state index is -0.427. The smallest absolute Gasteiger partial charge is 0.411 e. The molecule has 3 nitrogen and oxygen atoms in total. The Kier molecular flexibility index (Phi) is 6.48. The molecule has 0 aliphatic rings. The summed E-state index contributed by atoms with van der Waals surface area (Å²) in [5.74, 6) is 0. The first-order valence-corrected chi connectivity index (χ1v) is 6.29. The van der Waals surface area contributed by atoms with Crippen LogP contribution in [0.25, 0.3) is 0 Å². The van der Waals surface area contributed by atoms with Crippen LogP contribution in [-0.2, 0) is 4.74 Å². The van der Waals surface area contributed by atoms with Gasteiger partial charge in [0.15, 0.2) is 0 Å². The molecule has 0 aromatic heterocycles. The highest BCUT2D eigenvalue weighted by molar-refractivity contribution is 6.30. The maximum atomic E-state index is 11.4. The van der Waals surface area contributed by atoms with E-state index < -0.39 is 6.09 Å². The van der Waals surface area contributed by atoms with Crippen LogP contribution in [-0.4, -0.2) is 12.7 Å². The summed E-state index contributed by atoms with van der Waals surface area (Å²) in [7, 11) is 0. The first kappa shape index (κ1) is 13.8. The Labute approximate surface area is 107 Å². The summed E-state index contributed by atoms with van der Waals surface area (Å²) in [5, 5.41) is 3.22. The number of unbranched alkanes of at least 4 members (excludes halogenated alkanes) is 3. The minimum absolute atomic E-state index is 0.427. The van der Waals surface area contributed by atoms with E-state index in [0.717, 1.165) is 12.8 Å². The molecule has 4 heteroatoms. The van der Waals surface area contributed by atoms with Crippen molar-refractivity contribution in [3.8, 4) is 0 Å². The largest absolute Gasteiger partial charge is 0.449 e. The van der Waals surface area contributed by atoms with Crippen LogP contribution in [0.2, 0.25) is 5.02 Å². The zero-order valence-electron chi connectivity index (χ0n) is 10.0. The van der Waals surface area contributed by atoms with Gasteiger partial charge in [0.25, 0.3) is 0 Å².